The number of hydrogen-bond donors (Lipinski definition) is 0. The molecule has 2 aromatic heterocycles. The lowest BCUT2D eigenvalue weighted by molar-refractivity contribution is 1.29. The third-order valence-corrected chi connectivity index (χ3v) is 18.1. The van der Waals surface area contributed by atoms with Gasteiger partial charge in [0.25, 0.3) is 0 Å². The molecule has 0 saturated carbocycles. The van der Waals surface area contributed by atoms with E-state index in [1.54, 1.807) is 0 Å². The van der Waals surface area contributed by atoms with E-state index < -0.39 is 8.07 Å². The largest absolute Gasteiger partial charge is 0.310 e. The minimum absolute atomic E-state index is 1.16. The van der Waals surface area contributed by atoms with Crippen LogP contribution in [0.1, 0.15) is 0 Å². The van der Waals surface area contributed by atoms with Gasteiger partial charge in [-0.3, -0.25) is 0 Å². The minimum atomic E-state index is -1.89. The predicted octanol–water partition coefficient (Wildman–Crippen LogP) is 14.7. The van der Waals surface area contributed by atoms with E-state index in [1.165, 1.54) is 106 Å². The molecule has 264 valence electrons. The molecule has 0 N–H and O–H groups in total. The highest BCUT2D eigenvalue weighted by Crippen LogP contribution is 2.49. The molecular weight excluding hydrogens is 731 g/mol. The second-order valence-corrected chi connectivity index (χ2v) is 22.1. The van der Waals surface area contributed by atoms with Gasteiger partial charge in [0.2, 0.25) is 0 Å². The summed E-state index contributed by atoms with van der Waals surface area (Å²) in [5.74, 6) is 0. The summed E-state index contributed by atoms with van der Waals surface area (Å²) in [5, 5.41) is 13.7. The van der Waals surface area contributed by atoms with Gasteiger partial charge in [0.05, 0.1) is 5.69 Å². The number of rotatable bonds is 4. The summed E-state index contributed by atoms with van der Waals surface area (Å²) in [4.78, 5) is 2.52. The van der Waals surface area contributed by atoms with Crippen LogP contribution in [0.5, 0.6) is 0 Å². The molecule has 1 nitrogen and oxygen atoms in total. The van der Waals surface area contributed by atoms with Crippen LogP contribution in [0.15, 0.2) is 176 Å². The number of fused-ring (bicyclic) bond motifs is 13. The van der Waals surface area contributed by atoms with Crippen molar-refractivity contribution in [1.29, 1.82) is 0 Å². The maximum Gasteiger partial charge on any atom is 0.113 e. The number of nitrogens with zero attached hydrogens (tertiary/aromatic N) is 1. The van der Waals surface area contributed by atoms with Crippen LogP contribution in [0, 0.1) is 0 Å². The zero-order valence-electron chi connectivity index (χ0n) is 31.0. The molecule has 0 aliphatic carbocycles. The fourth-order valence-electron chi connectivity index (χ4n) is 9.51. The molecule has 0 spiro atoms. The highest BCUT2D eigenvalue weighted by atomic mass is 32.1. The Kier molecular flexibility index (Phi) is 6.89. The highest BCUT2D eigenvalue weighted by molar-refractivity contribution is 7.28. The van der Waals surface area contributed by atoms with Gasteiger partial charge in [-0.2, -0.15) is 0 Å². The first kappa shape index (κ1) is 32.2. The molecule has 3 heterocycles. The lowest BCUT2D eigenvalue weighted by Crippen LogP contribution is -2.49. The van der Waals surface area contributed by atoms with E-state index >= 15 is 0 Å². The molecule has 56 heavy (non-hydrogen) atoms. The van der Waals surface area contributed by atoms with E-state index in [-0.39, 0.29) is 0 Å². The van der Waals surface area contributed by atoms with Gasteiger partial charge >= 0.3 is 0 Å². The van der Waals surface area contributed by atoms with Crippen molar-refractivity contribution >= 4 is 120 Å². The van der Waals surface area contributed by atoms with Crippen molar-refractivity contribution < 1.29 is 0 Å². The number of thiophene rings is 2. The second kappa shape index (κ2) is 12.0. The van der Waals surface area contributed by atoms with Crippen LogP contribution in [0.4, 0.5) is 17.1 Å². The van der Waals surface area contributed by atoms with E-state index in [2.05, 4.69) is 194 Å². The maximum atomic E-state index is 2.52. The zero-order valence-corrected chi connectivity index (χ0v) is 33.6. The molecule has 0 amide bonds. The van der Waals surface area contributed by atoms with Gasteiger partial charge in [-0.15, -0.1) is 22.7 Å². The van der Waals surface area contributed by atoms with E-state index in [9.17, 15) is 0 Å². The molecule has 11 aromatic rings. The van der Waals surface area contributed by atoms with Crippen LogP contribution in [0.2, 0.25) is 13.1 Å². The Morgan fingerprint density at radius 1 is 0.429 bits per heavy atom. The van der Waals surface area contributed by atoms with Gasteiger partial charge < -0.3 is 4.90 Å². The molecule has 0 radical (unpaired) electrons. The Balaban J connectivity index is 1.07. The zero-order chi connectivity index (χ0) is 37.1. The Hall–Kier alpha value is -6.04. The normalized spacial score (nSPS) is 13.3. The van der Waals surface area contributed by atoms with Gasteiger partial charge in [0.15, 0.2) is 0 Å². The Bertz CT molecular complexity index is 3410. The van der Waals surface area contributed by atoms with Gasteiger partial charge in [-0.05, 0) is 97.1 Å². The first-order chi connectivity index (χ1) is 27.5. The molecule has 9 aromatic carbocycles. The summed E-state index contributed by atoms with van der Waals surface area (Å²) in [5.41, 5.74) is 8.79. The maximum absolute atomic E-state index is 2.52. The standard InChI is InChI=1S/C52H35NS2Si/c1-56(2)47-16-8-7-14-41(47)49-43(15-9-17-48(49)56)53(37-23-20-33(21-24-37)36-19-18-32-10-3-4-12-35(32)30-36)38-25-27-40-46(31-38)54-44-28-29-45-51(50(40)44)42-26-22-34-11-5-6-13-39(34)52(42)55-45/h3-31H,1-2H3. The van der Waals surface area contributed by atoms with Crippen LogP contribution in [0.3, 0.4) is 0 Å². The number of anilines is 3. The lowest BCUT2D eigenvalue weighted by atomic mass is 9.99. The van der Waals surface area contributed by atoms with Crippen molar-refractivity contribution in [2.45, 2.75) is 13.1 Å². The second-order valence-electron chi connectivity index (χ2n) is 15.7. The van der Waals surface area contributed by atoms with Gasteiger partial charge in [0, 0.05) is 57.3 Å². The molecule has 0 saturated heterocycles. The van der Waals surface area contributed by atoms with Crippen molar-refractivity contribution in [2.75, 3.05) is 4.90 Å². The molecule has 1 aliphatic heterocycles. The van der Waals surface area contributed by atoms with Crippen LogP contribution in [-0.2, 0) is 0 Å². The smallest absolute Gasteiger partial charge is 0.113 e. The molecule has 12 rings (SSSR count). The monoisotopic (exact) mass is 765 g/mol. The van der Waals surface area contributed by atoms with Gasteiger partial charge in [-0.1, -0.05) is 140 Å². The SMILES string of the molecule is C[Si]1(C)c2ccccc2-c2c(N(c3ccc(-c4ccc5ccccc5c4)cc3)c3ccc4c(c3)sc3ccc5sc6c7ccccc7ccc6c5c34)cccc21. The van der Waals surface area contributed by atoms with E-state index in [1.807, 2.05) is 22.7 Å². The number of benzene rings is 9. The lowest BCUT2D eigenvalue weighted by Gasteiger charge is -2.29. The topological polar surface area (TPSA) is 3.24 Å². The highest BCUT2D eigenvalue weighted by Gasteiger charge is 2.39. The minimum Gasteiger partial charge on any atom is -0.310 e. The molecule has 0 unspecified atom stereocenters. The van der Waals surface area contributed by atoms with Gasteiger partial charge in [-0.25, -0.2) is 0 Å². The van der Waals surface area contributed by atoms with E-state index in [0.717, 1.165) is 5.69 Å². The molecule has 4 heteroatoms. The van der Waals surface area contributed by atoms with E-state index in [4.69, 9.17) is 0 Å². The molecule has 0 bridgehead atoms. The fraction of sp³-hybridized carbons (Fsp3) is 0.0385. The molecular formula is C52H35NS2Si. The van der Waals surface area contributed by atoms with Crippen molar-refractivity contribution in [3.8, 4) is 22.3 Å². The molecule has 1 aliphatic rings. The van der Waals surface area contributed by atoms with E-state index in [0.29, 0.717) is 0 Å². The summed E-state index contributed by atoms with van der Waals surface area (Å²) in [6.45, 7) is 5.01. The van der Waals surface area contributed by atoms with Crippen LogP contribution in [0.25, 0.3) is 84.1 Å². The summed E-state index contributed by atoms with van der Waals surface area (Å²) in [7, 11) is -1.89. The molecule has 0 fully saturated rings. The summed E-state index contributed by atoms with van der Waals surface area (Å²) in [6.07, 6.45) is 0. The van der Waals surface area contributed by atoms with Crippen molar-refractivity contribution in [2.24, 2.45) is 0 Å². The Morgan fingerprint density at radius 2 is 1.09 bits per heavy atom. The third-order valence-electron chi connectivity index (χ3n) is 12.2. The summed E-state index contributed by atoms with van der Waals surface area (Å²) < 4.78 is 5.38. The first-order valence-corrected chi connectivity index (χ1v) is 24.0. The van der Waals surface area contributed by atoms with Crippen molar-refractivity contribution in [1.82, 2.24) is 0 Å². The van der Waals surface area contributed by atoms with Crippen LogP contribution in [-0.4, -0.2) is 8.07 Å². The predicted molar refractivity (Wildman–Crippen MR) is 250 cm³/mol. The fourth-order valence-corrected chi connectivity index (χ4v) is 15.0. The van der Waals surface area contributed by atoms with Gasteiger partial charge in [0.1, 0.15) is 8.07 Å². The van der Waals surface area contributed by atoms with Crippen LogP contribution < -0.4 is 15.3 Å². The first-order valence-electron chi connectivity index (χ1n) is 19.3. The Labute approximate surface area is 334 Å². The average molecular weight is 766 g/mol. The average Bonchev–Trinajstić information content (AvgIpc) is 3.89. The van der Waals surface area contributed by atoms with Crippen molar-refractivity contribution in [3.05, 3.63) is 176 Å². The number of hydrogen-bond acceptors (Lipinski definition) is 3. The summed E-state index contributed by atoms with van der Waals surface area (Å²) >= 11 is 3.84. The summed E-state index contributed by atoms with van der Waals surface area (Å²) in [6, 6.07) is 66.1. The Morgan fingerprint density at radius 3 is 1.96 bits per heavy atom. The van der Waals surface area contributed by atoms with Crippen LogP contribution >= 0.6 is 22.7 Å². The van der Waals surface area contributed by atoms with Crippen molar-refractivity contribution in [3.63, 3.8) is 0 Å². The third kappa shape index (κ3) is 4.64. The molecule has 0 atom stereocenters. The quantitative estimate of drug-likeness (QED) is 0.161.